The van der Waals surface area contributed by atoms with E-state index >= 15 is 0 Å². The molecule has 17 heavy (non-hydrogen) atoms. The van der Waals surface area contributed by atoms with Gasteiger partial charge in [-0.3, -0.25) is 14.8 Å². The third-order valence-corrected chi connectivity index (χ3v) is 2.81. The van der Waals surface area contributed by atoms with Crippen LogP contribution in [0.4, 0.5) is 0 Å². The summed E-state index contributed by atoms with van der Waals surface area (Å²) in [5.41, 5.74) is 0.373. The second kappa shape index (κ2) is 3.05. The zero-order valence-electron chi connectivity index (χ0n) is 8.54. The number of rotatable bonds is 0. The van der Waals surface area contributed by atoms with Crippen LogP contribution in [-0.4, -0.2) is 27.2 Å². The molecule has 0 aliphatic carbocycles. The fourth-order valence-corrected chi connectivity index (χ4v) is 2.08. The van der Waals surface area contributed by atoms with Crippen molar-refractivity contribution in [2.75, 3.05) is 0 Å². The number of hydroxylamine groups is 2. The van der Waals surface area contributed by atoms with Crippen LogP contribution in [0.5, 0.6) is 5.75 Å². The van der Waals surface area contributed by atoms with Crippen LogP contribution in [-0.2, 0) is 0 Å². The van der Waals surface area contributed by atoms with Crippen LogP contribution in [0.25, 0.3) is 10.8 Å². The number of hydrogen-bond donors (Lipinski definition) is 2. The second-order valence-corrected chi connectivity index (χ2v) is 3.82. The van der Waals surface area contributed by atoms with Crippen molar-refractivity contribution >= 4 is 22.6 Å². The average Bonchev–Trinajstić information content (AvgIpc) is 2.32. The number of phenols is 1. The molecule has 1 heterocycles. The highest BCUT2D eigenvalue weighted by Gasteiger charge is 2.32. The standard InChI is InChI=1S/C12H7NO4/c14-7-4-6-2-1-3-8-10(6)9(5-7)12(16)13(17)11(8)15/h1-5,14,17H. The predicted octanol–water partition coefficient (Wildman–Crippen LogP) is 1.53. The molecule has 0 atom stereocenters. The molecule has 0 unspecified atom stereocenters. The van der Waals surface area contributed by atoms with Gasteiger partial charge in [0.2, 0.25) is 0 Å². The Morgan fingerprint density at radius 3 is 2.47 bits per heavy atom. The number of benzene rings is 2. The molecular formula is C12H7NO4. The van der Waals surface area contributed by atoms with Crippen molar-refractivity contribution in [2.24, 2.45) is 0 Å². The average molecular weight is 229 g/mol. The number of imide groups is 1. The fourth-order valence-electron chi connectivity index (χ4n) is 2.08. The molecule has 5 heteroatoms. The number of aromatic hydroxyl groups is 1. The van der Waals surface area contributed by atoms with Crippen LogP contribution in [0.2, 0.25) is 0 Å². The lowest BCUT2D eigenvalue weighted by atomic mass is 9.95. The molecule has 0 spiro atoms. The number of carbonyl (C=O) groups excluding carboxylic acids is 2. The minimum atomic E-state index is -0.824. The molecule has 2 aromatic rings. The zero-order chi connectivity index (χ0) is 12.2. The molecule has 84 valence electrons. The van der Waals surface area contributed by atoms with Crippen LogP contribution >= 0.6 is 0 Å². The minimum absolute atomic E-state index is 0.0660. The van der Waals surface area contributed by atoms with Crippen molar-refractivity contribution in [1.82, 2.24) is 5.06 Å². The van der Waals surface area contributed by atoms with E-state index in [1.165, 1.54) is 18.2 Å². The summed E-state index contributed by atoms with van der Waals surface area (Å²) in [7, 11) is 0. The Morgan fingerprint density at radius 2 is 1.71 bits per heavy atom. The summed E-state index contributed by atoms with van der Waals surface area (Å²) in [4.78, 5) is 23.4. The Labute approximate surface area is 95.5 Å². The molecule has 3 rings (SSSR count). The van der Waals surface area contributed by atoms with E-state index in [-0.39, 0.29) is 21.9 Å². The van der Waals surface area contributed by atoms with Crippen LogP contribution in [0.3, 0.4) is 0 Å². The fraction of sp³-hybridized carbons (Fsp3) is 0. The first-order valence-corrected chi connectivity index (χ1v) is 4.93. The molecule has 0 saturated heterocycles. The van der Waals surface area contributed by atoms with E-state index in [1.54, 1.807) is 12.1 Å². The molecule has 0 bridgehead atoms. The Bertz CT molecular complexity index is 678. The van der Waals surface area contributed by atoms with Gasteiger partial charge in [0, 0.05) is 5.39 Å². The highest BCUT2D eigenvalue weighted by molar-refractivity contribution is 6.24. The number of nitrogens with zero attached hydrogens (tertiary/aromatic N) is 1. The highest BCUT2D eigenvalue weighted by atomic mass is 16.5. The SMILES string of the molecule is O=C1c2cccc3cc(O)cc(c23)C(=O)N1O. The molecule has 2 amide bonds. The third-order valence-electron chi connectivity index (χ3n) is 2.81. The van der Waals surface area contributed by atoms with Crippen molar-refractivity contribution in [3.05, 3.63) is 41.5 Å². The summed E-state index contributed by atoms with van der Waals surface area (Å²) in [5, 5.41) is 20.0. The molecule has 0 radical (unpaired) electrons. The van der Waals surface area contributed by atoms with Gasteiger partial charge in [-0.05, 0) is 23.6 Å². The monoisotopic (exact) mass is 229 g/mol. The first-order valence-electron chi connectivity index (χ1n) is 4.93. The van der Waals surface area contributed by atoms with Crippen LogP contribution < -0.4 is 0 Å². The Kier molecular flexibility index (Phi) is 1.76. The molecule has 0 aromatic heterocycles. The minimum Gasteiger partial charge on any atom is -0.508 e. The maximum atomic E-state index is 11.7. The van der Waals surface area contributed by atoms with E-state index in [0.717, 1.165) is 0 Å². The molecular weight excluding hydrogens is 222 g/mol. The largest absolute Gasteiger partial charge is 0.508 e. The van der Waals surface area contributed by atoms with Gasteiger partial charge in [0.1, 0.15) is 5.75 Å². The van der Waals surface area contributed by atoms with Gasteiger partial charge < -0.3 is 5.11 Å². The number of hydrogen-bond acceptors (Lipinski definition) is 4. The second-order valence-electron chi connectivity index (χ2n) is 3.82. The lowest BCUT2D eigenvalue weighted by molar-refractivity contribution is -0.0377. The van der Waals surface area contributed by atoms with Gasteiger partial charge in [-0.15, -0.1) is 5.06 Å². The zero-order valence-corrected chi connectivity index (χ0v) is 8.54. The Hall–Kier alpha value is -2.40. The van der Waals surface area contributed by atoms with E-state index in [1.807, 2.05) is 0 Å². The van der Waals surface area contributed by atoms with Gasteiger partial charge in [-0.2, -0.15) is 0 Å². The van der Waals surface area contributed by atoms with Gasteiger partial charge in [-0.25, -0.2) is 0 Å². The molecule has 2 N–H and O–H groups in total. The Balaban J connectivity index is 2.53. The van der Waals surface area contributed by atoms with Gasteiger partial charge in [0.25, 0.3) is 11.8 Å². The molecule has 1 aliphatic heterocycles. The summed E-state index contributed by atoms with van der Waals surface area (Å²) in [6.45, 7) is 0. The molecule has 5 nitrogen and oxygen atoms in total. The molecule has 0 saturated carbocycles. The molecule has 1 aliphatic rings. The molecule has 0 fully saturated rings. The van der Waals surface area contributed by atoms with E-state index in [9.17, 15) is 19.9 Å². The first-order chi connectivity index (χ1) is 8.09. The van der Waals surface area contributed by atoms with Crippen molar-refractivity contribution < 1.29 is 19.9 Å². The van der Waals surface area contributed by atoms with Crippen LogP contribution in [0.15, 0.2) is 30.3 Å². The summed E-state index contributed by atoms with van der Waals surface area (Å²) in [5.74, 6) is -1.66. The Morgan fingerprint density at radius 1 is 1.00 bits per heavy atom. The van der Waals surface area contributed by atoms with Crippen LogP contribution in [0, 0.1) is 0 Å². The summed E-state index contributed by atoms with van der Waals surface area (Å²) >= 11 is 0. The topological polar surface area (TPSA) is 77.8 Å². The number of amides is 2. The maximum Gasteiger partial charge on any atom is 0.285 e. The normalized spacial score (nSPS) is 14.5. The van der Waals surface area contributed by atoms with E-state index in [2.05, 4.69) is 0 Å². The van der Waals surface area contributed by atoms with Gasteiger partial charge in [-0.1, -0.05) is 12.1 Å². The van der Waals surface area contributed by atoms with Gasteiger partial charge in [0.05, 0.1) is 11.1 Å². The molecule has 2 aromatic carbocycles. The smallest absolute Gasteiger partial charge is 0.285 e. The summed E-state index contributed by atoms with van der Waals surface area (Å²) in [6, 6.07) is 7.55. The summed E-state index contributed by atoms with van der Waals surface area (Å²) in [6.07, 6.45) is 0. The number of phenolic OH excluding ortho intramolecular Hbond substituents is 1. The van der Waals surface area contributed by atoms with Crippen LogP contribution in [0.1, 0.15) is 20.7 Å². The lowest BCUT2D eigenvalue weighted by Crippen LogP contribution is -2.37. The quantitative estimate of drug-likeness (QED) is 0.530. The van der Waals surface area contributed by atoms with Crippen molar-refractivity contribution in [3.8, 4) is 5.75 Å². The van der Waals surface area contributed by atoms with Gasteiger partial charge >= 0.3 is 0 Å². The number of carbonyl (C=O) groups is 2. The van der Waals surface area contributed by atoms with Crippen molar-refractivity contribution in [1.29, 1.82) is 0 Å². The van der Waals surface area contributed by atoms with Crippen molar-refractivity contribution in [2.45, 2.75) is 0 Å². The van der Waals surface area contributed by atoms with E-state index in [4.69, 9.17) is 0 Å². The van der Waals surface area contributed by atoms with Crippen molar-refractivity contribution in [3.63, 3.8) is 0 Å². The first kappa shape index (κ1) is 9.80. The maximum absolute atomic E-state index is 11.7. The van der Waals surface area contributed by atoms with Gasteiger partial charge in [0.15, 0.2) is 0 Å². The summed E-state index contributed by atoms with van der Waals surface area (Å²) < 4.78 is 0. The predicted molar refractivity (Wildman–Crippen MR) is 57.9 cm³/mol. The van der Waals surface area contributed by atoms with E-state index in [0.29, 0.717) is 10.8 Å². The van der Waals surface area contributed by atoms with E-state index < -0.39 is 11.8 Å². The lowest BCUT2D eigenvalue weighted by Gasteiger charge is -2.21. The highest BCUT2D eigenvalue weighted by Crippen LogP contribution is 2.32. The third kappa shape index (κ3) is 1.17.